The number of carbonyl (C=O) groups is 1. The number of nitrogens with zero attached hydrogens (tertiary/aromatic N) is 3. The van der Waals surface area contributed by atoms with Crippen LogP contribution in [0.4, 0.5) is 5.69 Å². The van der Waals surface area contributed by atoms with Crippen LogP contribution < -0.4 is 5.32 Å². The summed E-state index contributed by atoms with van der Waals surface area (Å²) in [6, 6.07) is 12.4. The van der Waals surface area contributed by atoms with E-state index in [1.165, 1.54) is 11.8 Å². The SMILES string of the molecule is COCCn1c(SCC(=O)Nc2cccc(Cl)c2Cl)nnc1-c1ccc(Cl)cc1. The van der Waals surface area contributed by atoms with Crippen molar-refractivity contribution in [2.75, 3.05) is 24.8 Å². The van der Waals surface area contributed by atoms with Crippen LogP contribution in [0.2, 0.25) is 15.1 Å². The Morgan fingerprint density at radius 1 is 1.14 bits per heavy atom. The molecule has 1 heterocycles. The molecular formula is C19H17Cl3N4O2S. The number of ether oxygens (including phenoxy) is 1. The lowest BCUT2D eigenvalue weighted by Gasteiger charge is -2.10. The van der Waals surface area contributed by atoms with Gasteiger partial charge in [-0.05, 0) is 36.4 Å². The van der Waals surface area contributed by atoms with Gasteiger partial charge in [-0.25, -0.2) is 0 Å². The number of anilines is 1. The second-order valence-electron chi connectivity index (χ2n) is 5.90. The third kappa shape index (κ3) is 5.65. The van der Waals surface area contributed by atoms with Gasteiger partial charge in [-0.2, -0.15) is 0 Å². The standard InChI is InChI=1S/C19H17Cl3N4O2S/c1-28-10-9-26-18(12-5-7-13(20)8-6-12)24-25-19(26)29-11-16(27)23-15-4-2-3-14(21)17(15)22/h2-8H,9-11H2,1H3,(H,23,27). The van der Waals surface area contributed by atoms with E-state index in [1.54, 1.807) is 37.4 Å². The molecule has 0 atom stereocenters. The highest BCUT2D eigenvalue weighted by Gasteiger charge is 2.16. The molecule has 0 spiro atoms. The fourth-order valence-corrected chi connectivity index (χ4v) is 3.75. The summed E-state index contributed by atoms with van der Waals surface area (Å²) in [6.45, 7) is 1.03. The Hall–Kier alpha value is -1.77. The second kappa shape index (κ2) is 10.3. The van der Waals surface area contributed by atoms with Gasteiger partial charge in [-0.3, -0.25) is 9.36 Å². The van der Waals surface area contributed by atoms with Crippen LogP contribution in [0, 0.1) is 0 Å². The Balaban J connectivity index is 1.73. The number of amides is 1. The molecule has 0 saturated carbocycles. The Labute approximate surface area is 187 Å². The van der Waals surface area contributed by atoms with E-state index in [1.807, 2.05) is 16.7 Å². The molecule has 2 aromatic carbocycles. The van der Waals surface area contributed by atoms with Gasteiger partial charge < -0.3 is 10.1 Å². The molecular weight excluding hydrogens is 455 g/mol. The number of thioether (sulfide) groups is 1. The number of hydrogen-bond donors (Lipinski definition) is 1. The van der Waals surface area contributed by atoms with Gasteiger partial charge in [-0.15, -0.1) is 10.2 Å². The van der Waals surface area contributed by atoms with Crippen LogP contribution in [-0.4, -0.2) is 40.1 Å². The number of aromatic nitrogens is 3. The number of hydrogen-bond acceptors (Lipinski definition) is 5. The molecule has 3 rings (SSSR count). The van der Waals surface area contributed by atoms with Crippen molar-refractivity contribution in [3.05, 3.63) is 57.5 Å². The van der Waals surface area contributed by atoms with E-state index in [9.17, 15) is 4.79 Å². The van der Waals surface area contributed by atoms with Crippen LogP contribution in [0.15, 0.2) is 47.6 Å². The van der Waals surface area contributed by atoms with Crippen molar-refractivity contribution in [3.63, 3.8) is 0 Å². The lowest BCUT2D eigenvalue weighted by Crippen LogP contribution is -2.15. The van der Waals surface area contributed by atoms with Gasteiger partial charge in [0.1, 0.15) is 0 Å². The lowest BCUT2D eigenvalue weighted by molar-refractivity contribution is -0.113. The summed E-state index contributed by atoms with van der Waals surface area (Å²) in [5, 5.41) is 13.2. The Morgan fingerprint density at radius 2 is 1.90 bits per heavy atom. The van der Waals surface area contributed by atoms with E-state index in [2.05, 4.69) is 15.5 Å². The molecule has 6 nitrogen and oxygen atoms in total. The van der Waals surface area contributed by atoms with Gasteiger partial charge in [-0.1, -0.05) is 52.6 Å². The molecule has 1 N–H and O–H groups in total. The first-order chi connectivity index (χ1) is 14.0. The van der Waals surface area contributed by atoms with E-state index in [4.69, 9.17) is 39.5 Å². The second-order valence-corrected chi connectivity index (χ2v) is 8.06. The van der Waals surface area contributed by atoms with Gasteiger partial charge in [0.2, 0.25) is 5.91 Å². The highest BCUT2D eigenvalue weighted by atomic mass is 35.5. The molecule has 1 amide bonds. The Morgan fingerprint density at radius 3 is 2.62 bits per heavy atom. The van der Waals surface area contributed by atoms with Crippen LogP contribution in [0.1, 0.15) is 0 Å². The predicted octanol–water partition coefficient (Wildman–Crippen LogP) is 5.28. The van der Waals surface area contributed by atoms with Crippen molar-refractivity contribution in [3.8, 4) is 11.4 Å². The maximum absolute atomic E-state index is 12.4. The summed E-state index contributed by atoms with van der Waals surface area (Å²) >= 11 is 19.3. The molecule has 3 aromatic rings. The number of carbonyl (C=O) groups excluding carboxylic acids is 1. The third-order valence-electron chi connectivity index (χ3n) is 3.90. The fraction of sp³-hybridized carbons (Fsp3) is 0.211. The van der Waals surface area contributed by atoms with Gasteiger partial charge >= 0.3 is 0 Å². The van der Waals surface area contributed by atoms with Crippen molar-refractivity contribution >= 4 is 58.2 Å². The topological polar surface area (TPSA) is 69.0 Å². The Bertz CT molecular complexity index is 996. The van der Waals surface area contributed by atoms with E-state index >= 15 is 0 Å². The van der Waals surface area contributed by atoms with Crippen LogP contribution in [0.3, 0.4) is 0 Å². The Kier molecular flexibility index (Phi) is 7.80. The first-order valence-electron chi connectivity index (χ1n) is 8.54. The largest absolute Gasteiger partial charge is 0.383 e. The predicted molar refractivity (Wildman–Crippen MR) is 118 cm³/mol. The molecule has 10 heteroatoms. The summed E-state index contributed by atoms with van der Waals surface area (Å²) in [7, 11) is 1.63. The number of methoxy groups -OCH3 is 1. The average Bonchev–Trinajstić information content (AvgIpc) is 3.11. The zero-order valence-electron chi connectivity index (χ0n) is 15.4. The van der Waals surface area contributed by atoms with Crippen molar-refractivity contribution in [2.45, 2.75) is 11.7 Å². The molecule has 1 aromatic heterocycles. The molecule has 152 valence electrons. The first kappa shape index (κ1) is 21.9. The summed E-state index contributed by atoms with van der Waals surface area (Å²) in [5.41, 5.74) is 1.34. The van der Waals surface area contributed by atoms with Gasteiger partial charge in [0.25, 0.3) is 0 Å². The summed E-state index contributed by atoms with van der Waals surface area (Å²) in [5.74, 6) is 0.585. The van der Waals surface area contributed by atoms with E-state index < -0.39 is 0 Å². The monoisotopic (exact) mass is 470 g/mol. The van der Waals surface area contributed by atoms with Crippen LogP contribution >= 0.6 is 46.6 Å². The van der Waals surface area contributed by atoms with Crippen molar-refractivity contribution in [2.24, 2.45) is 0 Å². The molecule has 0 radical (unpaired) electrons. The fourth-order valence-electron chi connectivity index (χ4n) is 2.51. The number of benzene rings is 2. The third-order valence-corrected chi connectivity index (χ3v) is 5.93. The van der Waals surface area contributed by atoms with Crippen LogP contribution in [-0.2, 0) is 16.1 Å². The van der Waals surface area contributed by atoms with Crippen molar-refractivity contribution < 1.29 is 9.53 Å². The van der Waals surface area contributed by atoms with E-state index in [0.717, 1.165) is 5.56 Å². The number of nitrogens with one attached hydrogen (secondary N) is 1. The average molecular weight is 472 g/mol. The highest BCUT2D eigenvalue weighted by Crippen LogP contribution is 2.30. The first-order valence-corrected chi connectivity index (χ1v) is 10.7. The maximum atomic E-state index is 12.4. The molecule has 0 aliphatic rings. The van der Waals surface area contributed by atoms with E-state index in [0.29, 0.717) is 44.9 Å². The normalized spacial score (nSPS) is 10.9. The molecule has 0 aliphatic carbocycles. The number of halogens is 3. The molecule has 0 aliphatic heterocycles. The minimum atomic E-state index is -0.228. The lowest BCUT2D eigenvalue weighted by atomic mass is 10.2. The summed E-state index contributed by atoms with van der Waals surface area (Å²) < 4.78 is 7.11. The van der Waals surface area contributed by atoms with Gasteiger partial charge in [0, 0.05) is 17.7 Å². The maximum Gasteiger partial charge on any atom is 0.234 e. The van der Waals surface area contributed by atoms with Crippen molar-refractivity contribution in [1.29, 1.82) is 0 Å². The summed E-state index contributed by atoms with van der Waals surface area (Å²) in [6.07, 6.45) is 0. The highest BCUT2D eigenvalue weighted by molar-refractivity contribution is 7.99. The molecule has 0 unspecified atom stereocenters. The zero-order valence-corrected chi connectivity index (χ0v) is 18.4. The molecule has 29 heavy (non-hydrogen) atoms. The van der Waals surface area contributed by atoms with Gasteiger partial charge in [0.05, 0.1) is 34.6 Å². The minimum absolute atomic E-state index is 0.134. The molecule has 0 bridgehead atoms. The molecule has 0 saturated heterocycles. The number of rotatable bonds is 8. The zero-order chi connectivity index (χ0) is 20.8. The van der Waals surface area contributed by atoms with Crippen LogP contribution in [0.25, 0.3) is 11.4 Å². The van der Waals surface area contributed by atoms with E-state index in [-0.39, 0.29) is 11.7 Å². The molecule has 0 fully saturated rings. The van der Waals surface area contributed by atoms with Gasteiger partial charge in [0.15, 0.2) is 11.0 Å². The van der Waals surface area contributed by atoms with Crippen molar-refractivity contribution in [1.82, 2.24) is 14.8 Å². The van der Waals surface area contributed by atoms with Crippen LogP contribution in [0.5, 0.6) is 0 Å². The smallest absolute Gasteiger partial charge is 0.234 e. The minimum Gasteiger partial charge on any atom is -0.383 e. The summed E-state index contributed by atoms with van der Waals surface area (Å²) in [4.78, 5) is 12.4. The quantitative estimate of drug-likeness (QED) is 0.453.